The van der Waals surface area contributed by atoms with Crippen molar-refractivity contribution in [1.29, 1.82) is 0 Å². The highest BCUT2D eigenvalue weighted by Crippen LogP contribution is 2.05. The highest BCUT2D eigenvalue weighted by Gasteiger charge is 2.12. The van der Waals surface area contributed by atoms with Crippen LogP contribution in [0.1, 0.15) is 33.1 Å². The van der Waals surface area contributed by atoms with Crippen LogP contribution in [-0.2, 0) is 0 Å². The summed E-state index contributed by atoms with van der Waals surface area (Å²) >= 11 is 0. The van der Waals surface area contributed by atoms with Crippen LogP contribution in [0.15, 0.2) is 0 Å². The molecular weight excluding hydrogens is 188 g/mol. The van der Waals surface area contributed by atoms with Gasteiger partial charge in [0.15, 0.2) is 0 Å². The van der Waals surface area contributed by atoms with E-state index in [-0.39, 0.29) is 6.10 Å². The molecule has 1 saturated heterocycles. The first-order valence-electron chi connectivity index (χ1n) is 6.35. The molecule has 1 N–H and O–H groups in total. The van der Waals surface area contributed by atoms with E-state index < -0.39 is 0 Å². The predicted molar refractivity (Wildman–Crippen MR) is 64.1 cm³/mol. The molecule has 3 nitrogen and oxygen atoms in total. The fourth-order valence-corrected chi connectivity index (χ4v) is 2.17. The van der Waals surface area contributed by atoms with Crippen LogP contribution in [0.5, 0.6) is 0 Å². The summed E-state index contributed by atoms with van der Waals surface area (Å²) in [6, 6.07) is 0. The van der Waals surface area contributed by atoms with Gasteiger partial charge in [-0.15, -0.1) is 0 Å². The van der Waals surface area contributed by atoms with Crippen LogP contribution in [0.4, 0.5) is 0 Å². The normalized spacial score (nSPS) is 22.6. The lowest BCUT2D eigenvalue weighted by atomic mass is 10.2. The Kier molecular flexibility index (Phi) is 6.22. The fraction of sp³-hybridized carbons (Fsp3) is 1.00. The minimum Gasteiger partial charge on any atom is -0.393 e. The van der Waals surface area contributed by atoms with Crippen molar-refractivity contribution in [3.05, 3.63) is 0 Å². The van der Waals surface area contributed by atoms with E-state index in [1.165, 1.54) is 39.1 Å². The van der Waals surface area contributed by atoms with Gasteiger partial charge in [0.05, 0.1) is 6.10 Å². The average molecular weight is 214 g/mol. The lowest BCUT2D eigenvalue weighted by Gasteiger charge is -2.20. The number of rotatable bonds is 5. The molecule has 0 radical (unpaired) electrons. The molecule has 0 unspecified atom stereocenters. The molecule has 3 heteroatoms. The minimum atomic E-state index is -0.135. The quantitative estimate of drug-likeness (QED) is 0.744. The van der Waals surface area contributed by atoms with Crippen LogP contribution >= 0.6 is 0 Å². The first-order valence-corrected chi connectivity index (χ1v) is 6.35. The Morgan fingerprint density at radius 1 is 1.13 bits per heavy atom. The molecule has 1 heterocycles. The van der Waals surface area contributed by atoms with Gasteiger partial charge in [-0.2, -0.15) is 0 Å². The summed E-state index contributed by atoms with van der Waals surface area (Å²) in [7, 11) is 0. The smallest absolute Gasteiger partial charge is 0.0512 e. The maximum absolute atomic E-state index is 9.19. The van der Waals surface area contributed by atoms with Crippen LogP contribution in [0.25, 0.3) is 0 Å². The Labute approximate surface area is 94.1 Å². The maximum Gasteiger partial charge on any atom is 0.0512 e. The lowest BCUT2D eigenvalue weighted by molar-refractivity contribution is 0.171. The third-order valence-corrected chi connectivity index (χ3v) is 3.22. The Morgan fingerprint density at radius 3 is 2.47 bits per heavy atom. The molecule has 1 atom stereocenters. The molecule has 0 aromatic rings. The minimum absolute atomic E-state index is 0.135. The van der Waals surface area contributed by atoms with Crippen LogP contribution in [-0.4, -0.2) is 60.3 Å². The number of hydrogen-bond donors (Lipinski definition) is 1. The summed E-state index contributed by atoms with van der Waals surface area (Å²) in [5.41, 5.74) is 0. The van der Waals surface area contributed by atoms with E-state index in [1.807, 2.05) is 6.92 Å². The zero-order valence-electron chi connectivity index (χ0n) is 10.3. The van der Waals surface area contributed by atoms with Crippen molar-refractivity contribution in [2.24, 2.45) is 0 Å². The number of aliphatic hydroxyl groups excluding tert-OH is 1. The van der Waals surface area contributed by atoms with Gasteiger partial charge in [-0.05, 0) is 52.4 Å². The zero-order chi connectivity index (χ0) is 11.1. The van der Waals surface area contributed by atoms with E-state index in [2.05, 4.69) is 16.7 Å². The molecule has 1 aliphatic rings. The Morgan fingerprint density at radius 2 is 1.80 bits per heavy atom. The van der Waals surface area contributed by atoms with Gasteiger partial charge in [-0.1, -0.05) is 6.92 Å². The van der Waals surface area contributed by atoms with Gasteiger partial charge in [0, 0.05) is 13.1 Å². The summed E-state index contributed by atoms with van der Waals surface area (Å²) in [5, 5.41) is 9.19. The number of hydrogen-bond acceptors (Lipinski definition) is 3. The summed E-state index contributed by atoms with van der Waals surface area (Å²) < 4.78 is 0. The van der Waals surface area contributed by atoms with Gasteiger partial charge < -0.3 is 14.9 Å². The molecular formula is C12H26N2O. The van der Waals surface area contributed by atoms with Gasteiger partial charge in [0.1, 0.15) is 0 Å². The second-order valence-electron chi connectivity index (χ2n) is 4.62. The van der Waals surface area contributed by atoms with Crippen molar-refractivity contribution < 1.29 is 5.11 Å². The van der Waals surface area contributed by atoms with Crippen molar-refractivity contribution in [3.8, 4) is 0 Å². The van der Waals surface area contributed by atoms with Crippen molar-refractivity contribution in [3.63, 3.8) is 0 Å². The van der Waals surface area contributed by atoms with E-state index in [0.29, 0.717) is 0 Å². The largest absolute Gasteiger partial charge is 0.393 e. The topological polar surface area (TPSA) is 26.7 Å². The van der Waals surface area contributed by atoms with E-state index in [1.54, 1.807) is 0 Å². The molecule has 0 aromatic heterocycles. The van der Waals surface area contributed by atoms with Gasteiger partial charge in [0.25, 0.3) is 0 Å². The summed E-state index contributed by atoms with van der Waals surface area (Å²) in [5.74, 6) is 0. The van der Waals surface area contributed by atoms with Gasteiger partial charge in [-0.25, -0.2) is 0 Å². The Balaban J connectivity index is 2.14. The Hall–Kier alpha value is -0.120. The van der Waals surface area contributed by atoms with E-state index in [4.69, 9.17) is 0 Å². The highest BCUT2D eigenvalue weighted by atomic mass is 16.3. The molecule has 0 saturated carbocycles. The SMILES string of the molecule is CCN1CCCN(CCC[C@H](C)O)CC1. The van der Waals surface area contributed by atoms with Crippen molar-refractivity contribution in [2.75, 3.05) is 39.3 Å². The maximum atomic E-state index is 9.19. The van der Waals surface area contributed by atoms with E-state index >= 15 is 0 Å². The third kappa shape index (κ3) is 5.50. The molecule has 0 aromatic carbocycles. The van der Waals surface area contributed by atoms with Crippen molar-refractivity contribution >= 4 is 0 Å². The summed E-state index contributed by atoms with van der Waals surface area (Å²) in [6.07, 6.45) is 3.23. The number of aliphatic hydroxyl groups is 1. The van der Waals surface area contributed by atoms with Crippen LogP contribution < -0.4 is 0 Å². The van der Waals surface area contributed by atoms with Crippen molar-refractivity contribution in [1.82, 2.24) is 9.80 Å². The van der Waals surface area contributed by atoms with Crippen LogP contribution in [0, 0.1) is 0 Å². The highest BCUT2D eigenvalue weighted by molar-refractivity contribution is 4.68. The summed E-state index contributed by atoms with van der Waals surface area (Å²) in [4.78, 5) is 5.06. The average Bonchev–Trinajstić information content (AvgIpc) is 2.42. The molecule has 1 aliphatic heterocycles. The second kappa shape index (κ2) is 7.20. The summed E-state index contributed by atoms with van der Waals surface area (Å²) in [6.45, 7) is 11.4. The van der Waals surface area contributed by atoms with Crippen molar-refractivity contribution in [2.45, 2.75) is 39.2 Å². The first-order chi connectivity index (χ1) is 7.22. The fourth-order valence-electron chi connectivity index (χ4n) is 2.17. The molecule has 1 rings (SSSR count). The predicted octanol–water partition coefficient (Wildman–Crippen LogP) is 1.18. The van der Waals surface area contributed by atoms with Crippen LogP contribution in [0.3, 0.4) is 0 Å². The molecule has 1 fully saturated rings. The van der Waals surface area contributed by atoms with E-state index in [0.717, 1.165) is 19.4 Å². The van der Waals surface area contributed by atoms with E-state index in [9.17, 15) is 5.11 Å². The molecule has 0 aliphatic carbocycles. The lowest BCUT2D eigenvalue weighted by Crippen LogP contribution is -2.31. The van der Waals surface area contributed by atoms with Gasteiger partial charge in [0.2, 0.25) is 0 Å². The molecule has 0 spiro atoms. The molecule has 15 heavy (non-hydrogen) atoms. The van der Waals surface area contributed by atoms with Gasteiger partial charge in [-0.3, -0.25) is 0 Å². The number of likely N-dealkylation sites (N-methyl/N-ethyl adjacent to an activating group) is 1. The first kappa shape index (κ1) is 12.9. The molecule has 90 valence electrons. The number of nitrogens with zero attached hydrogens (tertiary/aromatic N) is 2. The second-order valence-corrected chi connectivity index (χ2v) is 4.62. The Bertz CT molecular complexity index is 162. The molecule has 0 bridgehead atoms. The monoisotopic (exact) mass is 214 g/mol. The third-order valence-electron chi connectivity index (χ3n) is 3.22. The standard InChI is InChI=1S/C12H26N2O/c1-3-13-8-5-9-14(11-10-13)7-4-6-12(2)15/h12,15H,3-11H2,1-2H3/t12-/m0/s1. The van der Waals surface area contributed by atoms with Gasteiger partial charge >= 0.3 is 0 Å². The molecule has 0 amide bonds. The van der Waals surface area contributed by atoms with Crippen LogP contribution in [0.2, 0.25) is 0 Å². The zero-order valence-corrected chi connectivity index (χ0v) is 10.3.